The van der Waals surface area contributed by atoms with Gasteiger partial charge < -0.3 is 19.5 Å². The van der Waals surface area contributed by atoms with Crippen LogP contribution in [0.3, 0.4) is 0 Å². The van der Waals surface area contributed by atoms with Crippen molar-refractivity contribution in [2.45, 2.75) is 51.5 Å². The van der Waals surface area contributed by atoms with E-state index in [4.69, 9.17) is 4.74 Å². The lowest BCUT2D eigenvalue weighted by Gasteiger charge is -2.32. The predicted octanol–water partition coefficient (Wildman–Crippen LogP) is 5.02. The van der Waals surface area contributed by atoms with Crippen LogP contribution in [-0.2, 0) is 34.0 Å². The summed E-state index contributed by atoms with van der Waals surface area (Å²) < 4.78 is 9.66. The summed E-state index contributed by atoms with van der Waals surface area (Å²) >= 11 is 0. The lowest BCUT2D eigenvalue weighted by Crippen LogP contribution is -2.46. The van der Waals surface area contributed by atoms with E-state index >= 15 is 0 Å². The first-order valence-corrected chi connectivity index (χ1v) is 15.5. The van der Waals surface area contributed by atoms with Crippen molar-refractivity contribution in [1.29, 1.82) is 0 Å². The van der Waals surface area contributed by atoms with Gasteiger partial charge in [0.05, 0.1) is 11.6 Å². The minimum Gasteiger partial charge on any atom is -0.376 e. The van der Waals surface area contributed by atoms with Crippen molar-refractivity contribution in [3.05, 3.63) is 102 Å². The Balaban J connectivity index is 1.33. The number of hydrogen-bond donors (Lipinski definition) is 1. The van der Waals surface area contributed by atoms with E-state index in [1.807, 2.05) is 54.6 Å². The highest BCUT2D eigenvalue weighted by Gasteiger charge is 2.33. The van der Waals surface area contributed by atoms with Crippen LogP contribution in [0, 0.1) is 0 Å². The number of fused-ring (bicyclic) bond motifs is 4. The fourth-order valence-corrected chi connectivity index (χ4v) is 6.44. The summed E-state index contributed by atoms with van der Waals surface area (Å²) in [4.78, 5) is 34.6. The molecule has 1 N–H and O–H groups in total. The van der Waals surface area contributed by atoms with Crippen LogP contribution < -0.4 is 5.32 Å². The van der Waals surface area contributed by atoms with Crippen molar-refractivity contribution < 1.29 is 14.3 Å². The topological polar surface area (TPSA) is 107 Å². The highest BCUT2D eigenvalue weighted by molar-refractivity contribution is 6.08. The third-order valence-corrected chi connectivity index (χ3v) is 8.62. The molecule has 10 heteroatoms. The molecule has 228 valence electrons. The number of carbonyl (C=O) groups excluding carboxylic acids is 2. The molecule has 7 rings (SSSR count). The monoisotopic (exact) mass is 601 g/mol. The average Bonchev–Trinajstić information content (AvgIpc) is 3.82. The van der Waals surface area contributed by atoms with Gasteiger partial charge in [0.2, 0.25) is 11.8 Å². The molecule has 6 aromatic rings. The summed E-state index contributed by atoms with van der Waals surface area (Å²) in [6, 6.07) is 24.7. The summed E-state index contributed by atoms with van der Waals surface area (Å²) in [5.74, 6) is -0.521. The first-order valence-electron chi connectivity index (χ1n) is 15.5. The van der Waals surface area contributed by atoms with Crippen molar-refractivity contribution in [3.63, 3.8) is 0 Å². The number of pyridine rings is 1. The smallest absolute Gasteiger partial charge is 0.247 e. The van der Waals surface area contributed by atoms with Gasteiger partial charge in [-0.3, -0.25) is 14.6 Å². The standard InChI is InChI=1S/C35H35N7O3/c1-2-40-30-13-5-3-11-27(30)28-19-25(15-16-31(28)40)34(35(44)37-21-26-10-8-18-45-26)41(22-24-9-7-17-36-20-24)33(43)23-42-32-14-6-4-12-29(32)38-39-42/h3-7,9,11-17,19-20,26,34H,2,8,10,18,21-23H2,1H3,(H,37,44). The fraction of sp³-hybridized carbons (Fsp3) is 0.286. The lowest BCUT2D eigenvalue weighted by molar-refractivity contribution is -0.142. The van der Waals surface area contributed by atoms with Crippen molar-refractivity contribution >= 4 is 44.7 Å². The number of aromatic nitrogens is 5. The molecule has 45 heavy (non-hydrogen) atoms. The van der Waals surface area contributed by atoms with Crippen molar-refractivity contribution in [2.24, 2.45) is 0 Å². The van der Waals surface area contributed by atoms with Crippen LogP contribution in [0.5, 0.6) is 0 Å². The van der Waals surface area contributed by atoms with E-state index in [0.717, 1.165) is 57.8 Å². The largest absolute Gasteiger partial charge is 0.376 e. The van der Waals surface area contributed by atoms with Crippen LogP contribution in [0.2, 0.25) is 0 Å². The Morgan fingerprint density at radius 3 is 2.62 bits per heavy atom. The Labute approximate surface area is 260 Å². The van der Waals surface area contributed by atoms with Gasteiger partial charge in [-0.1, -0.05) is 47.7 Å². The number of carbonyl (C=O) groups is 2. The van der Waals surface area contributed by atoms with Crippen LogP contribution in [0.4, 0.5) is 0 Å². The van der Waals surface area contributed by atoms with Crippen LogP contribution >= 0.6 is 0 Å². The zero-order valence-electron chi connectivity index (χ0n) is 25.2. The molecular formula is C35H35N7O3. The summed E-state index contributed by atoms with van der Waals surface area (Å²) in [7, 11) is 0. The van der Waals surface area contributed by atoms with Gasteiger partial charge in [0.25, 0.3) is 0 Å². The third kappa shape index (κ3) is 5.64. The molecule has 0 aliphatic carbocycles. The average molecular weight is 602 g/mol. The fourth-order valence-electron chi connectivity index (χ4n) is 6.44. The number of ether oxygens (including phenoxy) is 1. The summed E-state index contributed by atoms with van der Waals surface area (Å²) in [5.41, 5.74) is 5.21. The summed E-state index contributed by atoms with van der Waals surface area (Å²) in [5, 5.41) is 13.8. The number of aryl methyl sites for hydroxylation is 1. The van der Waals surface area contributed by atoms with Gasteiger partial charge in [-0.2, -0.15) is 0 Å². The Morgan fingerprint density at radius 2 is 1.82 bits per heavy atom. The second-order valence-corrected chi connectivity index (χ2v) is 11.4. The zero-order chi connectivity index (χ0) is 30.8. The third-order valence-electron chi connectivity index (χ3n) is 8.62. The Kier molecular flexibility index (Phi) is 7.96. The number of nitrogens with zero attached hydrogens (tertiary/aromatic N) is 6. The molecule has 3 aromatic carbocycles. The first-order chi connectivity index (χ1) is 22.1. The van der Waals surface area contributed by atoms with E-state index in [1.165, 1.54) is 0 Å². The van der Waals surface area contributed by atoms with Crippen LogP contribution in [-0.4, -0.2) is 60.5 Å². The minimum absolute atomic E-state index is 0.0383. The second kappa shape index (κ2) is 12.5. The molecule has 1 aliphatic heterocycles. The van der Waals surface area contributed by atoms with Gasteiger partial charge >= 0.3 is 0 Å². The molecule has 1 aliphatic rings. The van der Waals surface area contributed by atoms with Crippen LogP contribution in [0.25, 0.3) is 32.8 Å². The molecule has 0 radical (unpaired) electrons. The van der Waals surface area contributed by atoms with Crippen LogP contribution in [0.1, 0.15) is 36.9 Å². The molecule has 1 fully saturated rings. The molecule has 0 spiro atoms. The van der Waals surface area contributed by atoms with Crippen molar-refractivity contribution in [1.82, 2.24) is 34.8 Å². The Bertz CT molecular complexity index is 1980. The van der Waals surface area contributed by atoms with E-state index < -0.39 is 6.04 Å². The molecule has 2 atom stereocenters. The number of amides is 2. The number of nitrogens with one attached hydrogen (secondary N) is 1. The number of para-hydroxylation sites is 2. The number of hydrogen-bond acceptors (Lipinski definition) is 6. The highest BCUT2D eigenvalue weighted by atomic mass is 16.5. The highest BCUT2D eigenvalue weighted by Crippen LogP contribution is 2.33. The molecule has 3 aromatic heterocycles. The van der Waals surface area contributed by atoms with Gasteiger partial charge in [-0.15, -0.1) is 5.10 Å². The molecule has 4 heterocycles. The van der Waals surface area contributed by atoms with E-state index in [1.54, 1.807) is 22.0 Å². The second-order valence-electron chi connectivity index (χ2n) is 11.4. The van der Waals surface area contributed by atoms with Gasteiger partial charge in [0, 0.05) is 60.4 Å². The van der Waals surface area contributed by atoms with Gasteiger partial charge in [-0.05, 0) is 67.3 Å². The van der Waals surface area contributed by atoms with E-state index in [9.17, 15) is 9.59 Å². The summed E-state index contributed by atoms with van der Waals surface area (Å²) in [6.45, 7) is 4.13. The Hall–Kier alpha value is -5.09. The molecule has 10 nitrogen and oxygen atoms in total. The van der Waals surface area contributed by atoms with E-state index in [2.05, 4.69) is 56.4 Å². The molecule has 0 saturated carbocycles. The van der Waals surface area contributed by atoms with Crippen molar-refractivity contribution in [3.8, 4) is 0 Å². The van der Waals surface area contributed by atoms with Gasteiger partial charge in [-0.25, -0.2) is 4.68 Å². The molecule has 2 unspecified atom stereocenters. The van der Waals surface area contributed by atoms with Crippen molar-refractivity contribution in [2.75, 3.05) is 13.2 Å². The van der Waals surface area contributed by atoms with Gasteiger partial charge in [0.1, 0.15) is 18.1 Å². The number of benzene rings is 3. The quantitative estimate of drug-likeness (QED) is 0.236. The first kappa shape index (κ1) is 28.7. The Morgan fingerprint density at radius 1 is 1.00 bits per heavy atom. The normalized spacial score (nSPS) is 15.5. The minimum atomic E-state index is -0.915. The van der Waals surface area contributed by atoms with Crippen LogP contribution in [0.15, 0.2) is 91.3 Å². The molecule has 0 bridgehead atoms. The predicted molar refractivity (Wildman–Crippen MR) is 172 cm³/mol. The SMILES string of the molecule is CCn1c2ccccc2c2cc(C(C(=O)NCC3CCCO3)N(Cc3cccnc3)C(=O)Cn3nnc4ccccc43)ccc21. The summed E-state index contributed by atoms with van der Waals surface area (Å²) in [6.07, 6.45) is 5.25. The maximum atomic E-state index is 14.4. The maximum absolute atomic E-state index is 14.4. The molecular weight excluding hydrogens is 566 g/mol. The maximum Gasteiger partial charge on any atom is 0.247 e. The molecule has 1 saturated heterocycles. The lowest BCUT2D eigenvalue weighted by atomic mass is 10.00. The van der Waals surface area contributed by atoms with Gasteiger partial charge in [0.15, 0.2) is 0 Å². The molecule has 2 amide bonds. The van der Waals surface area contributed by atoms with E-state index in [-0.39, 0.29) is 31.0 Å². The van der Waals surface area contributed by atoms with E-state index in [0.29, 0.717) is 18.7 Å². The number of rotatable bonds is 10. The zero-order valence-corrected chi connectivity index (χ0v) is 25.2.